The molecule has 19 heavy (non-hydrogen) atoms. The largest absolute Gasteiger partial charge is 0.507 e. The molecule has 0 unspecified atom stereocenters. The second kappa shape index (κ2) is 6.50. The van der Waals surface area contributed by atoms with Crippen molar-refractivity contribution in [1.29, 1.82) is 0 Å². The van der Waals surface area contributed by atoms with Gasteiger partial charge in [0.1, 0.15) is 5.75 Å². The summed E-state index contributed by atoms with van der Waals surface area (Å²) in [7, 11) is 0. The maximum Gasteiger partial charge on any atom is 0.311 e. The van der Waals surface area contributed by atoms with E-state index < -0.39 is 16.4 Å². The number of rotatable bonds is 4. The Morgan fingerprint density at radius 2 is 2.21 bits per heavy atom. The molecule has 0 heterocycles. The third-order valence-corrected chi connectivity index (χ3v) is 2.26. The molecule has 0 saturated heterocycles. The summed E-state index contributed by atoms with van der Waals surface area (Å²) in [5.41, 5.74) is 2.03. The quantitative estimate of drug-likeness (QED) is 0.279. The van der Waals surface area contributed by atoms with Gasteiger partial charge in [-0.05, 0) is 19.1 Å². The van der Waals surface area contributed by atoms with Crippen molar-refractivity contribution in [1.82, 2.24) is 10.7 Å². The van der Waals surface area contributed by atoms with E-state index in [1.54, 1.807) is 0 Å². The number of nitrogens with one attached hydrogen (secondary N) is 2. The van der Waals surface area contributed by atoms with Gasteiger partial charge in [0.25, 0.3) is 0 Å². The van der Waals surface area contributed by atoms with Gasteiger partial charge in [-0.2, -0.15) is 5.10 Å². The van der Waals surface area contributed by atoms with Crippen molar-refractivity contribution in [3.63, 3.8) is 0 Å². The van der Waals surface area contributed by atoms with Crippen LogP contribution in [0.25, 0.3) is 0 Å². The number of nitrogens with zero attached hydrogens (tertiary/aromatic N) is 2. The molecule has 0 atom stereocenters. The number of benzene rings is 1. The van der Waals surface area contributed by atoms with E-state index in [0.717, 1.165) is 18.3 Å². The zero-order chi connectivity index (χ0) is 14.4. The number of thiocarbonyl (C=S) groups is 1. The fourth-order valence-electron chi connectivity index (χ4n) is 1.19. The first-order chi connectivity index (χ1) is 8.95. The summed E-state index contributed by atoms with van der Waals surface area (Å²) in [5.74, 6) is -0.946. The Labute approximate surface area is 113 Å². The average Bonchev–Trinajstić information content (AvgIpc) is 2.31. The van der Waals surface area contributed by atoms with Gasteiger partial charge in [-0.15, -0.1) is 0 Å². The van der Waals surface area contributed by atoms with Crippen LogP contribution < -0.4 is 10.7 Å². The first-order valence-corrected chi connectivity index (χ1v) is 5.63. The van der Waals surface area contributed by atoms with E-state index in [4.69, 9.17) is 12.2 Å². The van der Waals surface area contributed by atoms with E-state index in [-0.39, 0.29) is 16.4 Å². The number of aromatic hydroxyl groups is 2. The van der Waals surface area contributed by atoms with Gasteiger partial charge in [-0.1, -0.05) is 0 Å². The molecule has 9 heteroatoms. The molecule has 0 aliphatic heterocycles. The monoisotopic (exact) mass is 284 g/mol. The van der Waals surface area contributed by atoms with Gasteiger partial charge in [0.15, 0.2) is 10.9 Å². The van der Waals surface area contributed by atoms with Crippen molar-refractivity contribution in [2.45, 2.75) is 6.92 Å². The molecular formula is C10H12N4O4S. The van der Waals surface area contributed by atoms with Crippen LogP contribution in [0.4, 0.5) is 5.69 Å². The number of hydrazone groups is 1. The van der Waals surface area contributed by atoms with Crippen molar-refractivity contribution in [2.24, 2.45) is 5.10 Å². The fraction of sp³-hybridized carbons (Fsp3) is 0.200. The van der Waals surface area contributed by atoms with Gasteiger partial charge in [0.2, 0.25) is 0 Å². The minimum Gasteiger partial charge on any atom is -0.507 e. The van der Waals surface area contributed by atoms with Gasteiger partial charge in [-0.25, -0.2) is 0 Å². The van der Waals surface area contributed by atoms with Crippen molar-refractivity contribution < 1.29 is 15.1 Å². The van der Waals surface area contributed by atoms with Crippen LogP contribution in [0.15, 0.2) is 17.2 Å². The second-order valence-corrected chi connectivity index (χ2v) is 3.79. The molecule has 0 spiro atoms. The molecule has 1 rings (SSSR count). The third kappa shape index (κ3) is 4.07. The Balaban J connectivity index is 2.89. The van der Waals surface area contributed by atoms with Crippen LogP contribution in [0.2, 0.25) is 0 Å². The Bertz CT molecular complexity index is 533. The SMILES string of the molecule is CCNC(=S)N/N=C\c1cc([N+](=O)[O-])c(O)cc1O. The van der Waals surface area contributed by atoms with Crippen LogP contribution in [0.5, 0.6) is 11.5 Å². The van der Waals surface area contributed by atoms with E-state index in [1.165, 1.54) is 0 Å². The van der Waals surface area contributed by atoms with Crippen LogP contribution in [-0.4, -0.2) is 33.0 Å². The lowest BCUT2D eigenvalue weighted by atomic mass is 10.2. The number of nitro groups is 1. The fourth-order valence-corrected chi connectivity index (χ4v) is 1.39. The molecule has 0 saturated carbocycles. The van der Waals surface area contributed by atoms with Crippen LogP contribution >= 0.6 is 12.2 Å². The summed E-state index contributed by atoms with van der Waals surface area (Å²) >= 11 is 4.84. The zero-order valence-corrected chi connectivity index (χ0v) is 10.8. The third-order valence-electron chi connectivity index (χ3n) is 2.03. The molecular weight excluding hydrogens is 272 g/mol. The lowest BCUT2D eigenvalue weighted by Gasteiger charge is -2.04. The predicted molar refractivity (Wildman–Crippen MR) is 73.4 cm³/mol. The van der Waals surface area contributed by atoms with Crippen molar-refractivity contribution in [2.75, 3.05) is 6.54 Å². The van der Waals surface area contributed by atoms with Crippen LogP contribution in [-0.2, 0) is 0 Å². The molecule has 0 radical (unpaired) electrons. The number of nitro benzene ring substituents is 1. The Kier molecular flexibility index (Phi) is 5.01. The Morgan fingerprint density at radius 3 is 2.79 bits per heavy atom. The molecule has 0 fully saturated rings. The summed E-state index contributed by atoms with van der Waals surface area (Å²) in [6, 6.07) is 1.88. The van der Waals surface area contributed by atoms with E-state index in [1.807, 2.05) is 6.92 Å². The molecule has 8 nitrogen and oxygen atoms in total. The summed E-state index contributed by atoms with van der Waals surface area (Å²) in [6.45, 7) is 2.48. The highest BCUT2D eigenvalue weighted by Crippen LogP contribution is 2.31. The maximum absolute atomic E-state index is 10.6. The number of phenolic OH excluding ortho intramolecular Hbond substituents is 2. The predicted octanol–water partition coefficient (Wildman–Crippen LogP) is 0.824. The summed E-state index contributed by atoms with van der Waals surface area (Å²) < 4.78 is 0. The van der Waals surface area contributed by atoms with Crippen LogP contribution in [0, 0.1) is 10.1 Å². The number of hydrogen-bond acceptors (Lipinski definition) is 6. The first kappa shape index (κ1) is 14.6. The van der Waals surface area contributed by atoms with Gasteiger partial charge in [0, 0.05) is 24.2 Å². The van der Waals surface area contributed by atoms with Crippen molar-refractivity contribution in [3.05, 3.63) is 27.8 Å². The number of hydrogen-bond donors (Lipinski definition) is 4. The lowest BCUT2D eigenvalue weighted by molar-refractivity contribution is -0.385. The van der Waals surface area contributed by atoms with E-state index in [0.29, 0.717) is 6.54 Å². The van der Waals surface area contributed by atoms with Crippen LogP contribution in [0.1, 0.15) is 12.5 Å². The van der Waals surface area contributed by atoms with Gasteiger partial charge in [0.05, 0.1) is 11.1 Å². The minimum absolute atomic E-state index is 0.0799. The average molecular weight is 284 g/mol. The molecule has 4 N–H and O–H groups in total. The summed E-state index contributed by atoms with van der Waals surface area (Å²) in [6.07, 6.45) is 1.16. The molecule has 1 aromatic carbocycles. The smallest absolute Gasteiger partial charge is 0.311 e. The standard InChI is InChI=1S/C10H12N4O4S/c1-2-11-10(19)13-12-5-6-3-7(14(17)18)9(16)4-8(6)15/h3-5,15-16H,2H2,1H3,(H2,11,13,19)/b12-5-. The van der Waals surface area contributed by atoms with Crippen molar-refractivity contribution in [3.8, 4) is 11.5 Å². The van der Waals surface area contributed by atoms with Gasteiger partial charge in [-0.3, -0.25) is 15.5 Å². The van der Waals surface area contributed by atoms with E-state index in [2.05, 4.69) is 15.8 Å². The molecule has 102 valence electrons. The number of phenols is 2. The summed E-state index contributed by atoms with van der Waals surface area (Å²) in [4.78, 5) is 9.86. The lowest BCUT2D eigenvalue weighted by Crippen LogP contribution is -2.31. The Hall–Kier alpha value is -2.42. The highest BCUT2D eigenvalue weighted by molar-refractivity contribution is 7.80. The molecule has 0 bridgehead atoms. The molecule has 0 aromatic heterocycles. The highest BCUT2D eigenvalue weighted by atomic mass is 32.1. The van der Waals surface area contributed by atoms with Gasteiger partial charge < -0.3 is 15.5 Å². The van der Waals surface area contributed by atoms with Crippen LogP contribution in [0.3, 0.4) is 0 Å². The van der Waals surface area contributed by atoms with Crippen molar-refractivity contribution >= 4 is 29.2 Å². The zero-order valence-electron chi connectivity index (χ0n) is 9.95. The van der Waals surface area contributed by atoms with E-state index in [9.17, 15) is 20.3 Å². The molecule has 0 aliphatic carbocycles. The highest BCUT2D eigenvalue weighted by Gasteiger charge is 2.16. The topological polar surface area (TPSA) is 120 Å². The van der Waals surface area contributed by atoms with E-state index >= 15 is 0 Å². The molecule has 0 amide bonds. The minimum atomic E-state index is -0.761. The Morgan fingerprint density at radius 1 is 1.53 bits per heavy atom. The normalized spacial score (nSPS) is 10.4. The summed E-state index contributed by atoms with van der Waals surface area (Å²) in [5, 5.41) is 36.2. The maximum atomic E-state index is 10.6. The molecule has 1 aromatic rings. The second-order valence-electron chi connectivity index (χ2n) is 3.39. The van der Waals surface area contributed by atoms with Gasteiger partial charge >= 0.3 is 5.69 Å². The molecule has 0 aliphatic rings. The first-order valence-electron chi connectivity index (χ1n) is 5.23.